The molecule has 0 bridgehead atoms. The molecule has 2 N–H and O–H groups in total. The van der Waals surface area contributed by atoms with Crippen molar-refractivity contribution in [1.82, 2.24) is 0 Å². The second-order valence-corrected chi connectivity index (χ2v) is 4.92. The molecule has 0 unspecified atom stereocenters. The van der Waals surface area contributed by atoms with E-state index in [1.807, 2.05) is 19.9 Å². The monoisotopic (exact) mass is 233 g/mol. The van der Waals surface area contributed by atoms with Crippen molar-refractivity contribution in [3.05, 3.63) is 28.8 Å². The Hall–Kier alpha value is -1.51. The zero-order valence-corrected chi connectivity index (χ0v) is 10.5. The number of nitrogen functional groups attached to an aromatic ring is 1. The Bertz CT molecular complexity index is 436. The van der Waals surface area contributed by atoms with Gasteiger partial charge in [0.1, 0.15) is 0 Å². The number of hydrogen-bond acceptors (Lipinski definition) is 3. The second-order valence-electron chi connectivity index (χ2n) is 4.92. The quantitative estimate of drug-likeness (QED) is 0.645. The molecule has 2 rings (SSSR count). The lowest BCUT2D eigenvalue weighted by atomic mass is 9.86. The third-order valence-electron chi connectivity index (χ3n) is 3.51. The topological polar surface area (TPSA) is 52.3 Å². The molecule has 0 amide bonds. The summed E-state index contributed by atoms with van der Waals surface area (Å²) in [5, 5.41) is 0. The molecule has 0 radical (unpaired) electrons. The molecule has 1 fully saturated rings. The van der Waals surface area contributed by atoms with Crippen LogP contribution in [0.2, 0.25) is 0 Å². The van der Waals surface area contributed by atoms with E-state index in [2.05, 4.69) is 0 Å². The lowest BCUT2D eigenvalue weighted by molar-refractivity contribution is 0.0371. The Kier molecular flexibility index (Phi) is 3.36. The van der Waals surface area contributed by atoms with E-state index < -0.39 is 0 Å². The first kappa shape index (κ1) is 12.0. The molecule has 92 valence electrons. The first-order valence-corrected chi connectivity index (χ1v) is 6.12. The predicted octanol–water partition coefficient (Wildman–Crippen LogP) is 2.84. The minimum Gasteiger partial charge on any atom is -0.462 e. The molecule has 1 aliphatic rings. The lowest BCUT2D eigenvalue weighted by Gasteiger charge is -2.24. The molecule has 0 heterocycles. The highest BCUT2D eigenvalue weighted by Gasteiger charge is 2.20. The van der Waals surface area contributed by atoms with Gasteiger partial charge >= 0.3 is 5.97 Å². The van der Waals surface area contributed by atoms with E-state index in [1.54, 1.807) is 6.07 Å². The number of aryl methyl sites for hydroxylation is 2. The van der Waals surface area contributed by atoms with Crippen LogP contribution in [0.1, 0.15) is 40.7 Å². The zero-order valence-electron chi connectivity index (χ0n) is 10.5. The highest BCUT2D eigenvalue weighted by molar-refractivity contribution is 5.92. The van der Waals surface area contributed by atoms with E-state index in [9.17, 15) is 4.79 Å². The molecule has 0 atom stereocenters. The van der Waals surface area contributed by atoms with Crippen LogP contribution in [-0.2, 0) is 4.74 Å². The molecule has 0 aliphatic heterocycles. The Morgan fingerprint density at radius 2 is 2.06 bits per heavy atom. The molecule has 3 heteroatoms. The van der Waals surface area contributed by atoms with Gasteiger partial charge in [0.05, 0.1) is 12.2 Å². The summed E-state index contributed by atoms with van der Waals surface area (Å²) in [5.74, 6) is 0.322. The summed E-state index contributed by atoms with van der Waals surface area (Å²) in [6, 6.07) is 3.64. The fourth-order valence-electron chi connectivity index (χ4n) is 2.02. The van der Waals surface area contributed by atoms with Crippen LogP contribution in [0.15, 0.2) is 12.1 Å². The summed E-state index contributed by atoms with van der Waals surface area (Å²) in [7, 11) is 0. The van der Waals surface area contributed by atoms with E-state index in [0.717, 1.165) is 11.1 Å². The minimum absolute atomic E-state index is 0.249. The van der Waals surface area contributed by atoms with Crippen LogP contribution in [0.4, 0.5) is 5.69 Å². The van der Waals surface area contributed by atoms with Gasteiger partial charge in [0.15, 0.2) is 0 Å². The Balaban J connectivity index is 2.04. The van der Waals surface area contributed by atoms with Crippen molar-refractivity contribution in [3.8, 4) is 0 Å². The predicted molar refractivity (Wildman–Crippen MR) is 68.0 cm³/mol. The summed E-state index contributed by atoms with van der Waals surface area (Å²) in [6.07, 6.45) is 3.63. The molecule has 0 aromatic heterocycles. The van der Waals surface area contributed by atoms with E-state index >= 15 is 0 Å². The minimum atomic E-state index is -0.249. The molecular formula is C14H19NO2. The van der Waals surface area contributed by atoms with Gasteiger partial charge in [-0.2, -0.15) is 0 Å². The average molecular weight is 233 g/mol. The first-order valence-electron chi connectivity index (χ1n) is 6.12. The highest BCUT2D eigenvalue weighted by Crippen LogP contribution is 2.27. The number of carbonyl (C=O) groups excluding carboxylic acids is 1. The number of esters is 1. The number of carbonyl (C=O) groups is 1. The van der Waals surface area contributed by atoms with Crippen LogP contribution in [0.25, 0.3) is 0 Å². The van der Waals surface area contributed by atoms with Gasteiger partial charge in [0.2, 0.25) is 0 Å². The molecule has 17 heavy (non-hydrogen) atoms. The van der Waals surface area contributed by atoms with Crippen LogP contribution < -0.4 is 5.73 Å². The molecule has 1 aromatic carbocycles. The average Bonchev–Trinajstić information content (AvgIpc) is 2.21. The van der Waals surface area contributed by atoms with Crippen LogP contribution >= 0.6 is 0 Å². The standard InChI is InChI=1S/C14H19NO2/c1-9-6-10(2)13(15)7-12(9)14(16)17-8-11-4-3-5-11/h6-7,11H,3-5,8,15H2,1-2H3. The molecule has 0 saturated heterocycles. The van der Waals surface area contributed by atoms with Gasteiger partial charge in [-0.15, -0.1) is 0 Å². The van der Waals surface area contributed by atoms with E-state index in [-0.39, 0.29) is 5.97 Å². The lowest BCUT2D eigenvalue weighted by Crippen LogP contribution is -2.20. The Morgan fingerprint density at radius 1 is 1.35 bits per heavy atom. The summed E-state index contributed by atoms with van der Waals surface area (Å²) in [6.45, 7) is 4.39. The van der Waals surface area contributed by atoms with E-state index in [1.165, 1.54) is 19.3 Å². The van der Waals surface area contributed by atoms with Crippen LogP contribution in [-0.4, -0.2) is 12.6 Å². The number of benzene rings is 1. The third kappa shape index (κ3) is 2.60. The van der Waals surface area contributed by atoms with Crippen LogP contribution in [0, 0.1) is 19.8 Å². The number of nitrogens with two attached hydrogens (primary N) is 1. The van der Waals surface area contributed by atoms with Gasteiger partial charge in [-0.1, -0.05) is 12.5 Å². The van der Waals surface area contributed by atoms with Gasteiger partial charge in [0.25, 0.3) is 0 Å². The van der Waals surface area contributed by atoms with Gasteiger partial charge < -0.3 is 10.5 Å². The molecular weight excluding hydrogens is 214 g/mol. The molecule has 1 saturated carbocycles. The maximum atomic E-state index is 11.9. The van der Waals surface area contributed by atoms with Gasteiger partial charge in [-0.05, 0) is 49.8 Å². The fourth-order valence-corrected chi connectivity index (χ4v) is 2.02. The van der Waals surface area contributed by atoms with Crippen molar-refractivity contribution >= 4 is 11.7 Å². The summed E-state index contributed by atoms with van der Waals surface area (Å²) in [4.78, 5) is 11.9. The zero-order chi connectivity index (χ0) is 12.4. The maximum Gasteiger partial charge on any atom is 0.338 e. The fraction of sp³-hybridized carbons (Fsp3) is 0.500. The SMILES string of the molecule is Cc1cc(C)c(C(=O)OCC2CCC2)cc1N. The van der Waals surface area contributed by atoms with Crippen molar-refractivity contribution in [2.75, 3.05) is 12.3 Å². The summed E-state index contributed by atoms with van der Waals surface area (Å²) < 4.78 is 5.31. The first-order chi connectivity index (χ1) is 8.08. The summed E-state index contributed by atoms with van der Waals surface area (Å²) in [5.41, 5.74) is 8.97. The highest BCUT2D eigenvalue weighted by atomic mass is 16.5. The smallest absolute Gasteiger partial charge is 0.338 e. The van der Waals surface area contributed by atoms with E-state index in [4.69, 9.17) is 10.5 Å². The van der Waals surface area contributed by atoms with Crippen LogP contribution in [0.3, 0.4) is 0 Å². The molecule has 0 spiro atoms. The van der Waals surface area contributed by atoms with Gasteiger partial charge in [-0.25, -0.2) is 4.79 Å². The Morgan fingerprint density at radius 3 is 2.65 bits per heavy atom. The Labute approximate surface area is 102 Å². The van der Waals surface area contributed by atoms with Crippen molar-refractivity contribution in [1.29, 1.82) is 0 Å². The van der Waals surface area contributed by atoms with Crippen molar-refractivity contribution in [2.45, 2.75) is 33.1 Å². The van der Waals surface area contributed by atoms with Gasteiger partial charge in [-0.3, -0.25) is 0 Å². The summed E-state index contributed by atoms with van der Waals surface area (Å²) >= 11 is 0. The molecule has 1 aromatic rings. The maximum absolute atomic E-state index is 11.9. The third-order valence-corrected chi connectivity index (χ3v) is 3.51. The number of hydrogen-bond donors (Lipinski definition) is 1. The largest absolute Gasteiger partial charge is 0.462 e. The number of rotatable bonds is 3. The number of ether oxygens (including phenoxy) is 1. The van der Waals surface area contributed by atoms with Crippen LogP contribution in [0.5, 0.6) is 0 Å². The number of anilines is 1. The van der Waals surface area contributed by atoms with Crippen molar-refractivity contribution in [3.63, 3.8) is 0 Å². The normalized spacial score (nSPS) is 15.4. The van der Waals surface area contributed by atoms with Crippen molar-refractivity contribution in [2.24, 2.45) is 5.92 Å². The van der Waals surface area contributed by atoms with Crippen molar-refractivity contribution < 1.29 is 9.53 Å². The van der Waals surface area contributed by atoms with E-state index in [0.29, 0.717) is 23.8 Å². The molecule has 1 aliphatic carbocycles. The molecule has 3 nitrogen and oxygen atoms in total. The second kappa shape index (κ2) is 4.78. The van der Waals surface area contributed by atoms with Gasteiger partial charge in [0, 0.05) is 5.69 Å².